The Morgan fingerprint density at radius 3 is 3.00 bits per heavy atom. The molecule has 4 heteroatoms. The van der Waals surface area contributed by atoms with E-state index in [-0.39, 0.29) is 6.10 Å². The topological polar surface area (TPSA) is 18.5 Å². The van der Waals surface area contributed by atoms with Crippen LogP contribution in [0.2, 0.25) is 5.02 Å². The zero-order valence-electron chi connectivity index (χ0n) is 7.50. The lowest BCUT2D eigenvalue weighted by atomic mass is 10.3. The van der Waals surface area contributed by atoms with E-state index in [1.807, 2.05) is 18.2 Å². The van der Waals surface area contributed by atoms with Crippen LogP contribution in [0, 0.1) is 0 Å². The summed E-state index contributed by atoms with van der Waals surface area (Å²) in [6.07, 6.45) is 1.13. The molecule has 1 aromatic rings. The minimum Gasteiger partial charge on any atom is -0.488 e. The smallest absolute Gasteiger partial charge is 0.124 e. The van der Waals surface area contributed by atoms with Crippen molar-refractivity contribution in [2.45, 2.75) is 12.5 Å². The fourth-order valence-corrected chi connectivity index (χ4v) is 1.77. The van der Waals surface area contributed by atoms with E-state index in [4.69, 9.17) is 21.1 Å². The predicted molar refractivity (Wildman–Crippen MR) is 59.0 cm³/mol. The largest absolute Gasteiger partial charge is 0.488 e. The Balaban J connectivity index is 2.05. The lowest BCUT2D eigenvalue weighted by molar-refractivity contribution is 0.141. The molecule has 76 valence electrons. The van der Waals surface area contributed by atoms with Crippen molar-refractivity contribution in [1.82, 2.24) is 0 Å². The molecule has 0 amide bonds. The Morgan fingerprint density at radius 1 is 1.50 bits per heavy atom. The van der Waals surface area contributed by atoms with Crippen LogP contribution < -0.4 is 4.74 Å². The zero-order chi connectivity index (χ0) is 9.97. The van der Waals surface area contributed by atoms with E-state index < -0.39 is 0 Å². The third kappa shape index (κ3) is 2.41. The van der Waals surface area contributed by atoms with E-state index in [0.29, 0.717) is 11.6 Å². The van der Waals surface area contributed by atoms with Crippen molar-refractivity contribution < 1.29 is 9.47 Å². The molecule has 1 aliphatic rings. The van der Waals surface area contributed by atoms with Gasteiger partial charge in [0.25, 0.3) is 0 Å². The third-order valence-electron chi connectivity index (χ3n) is 2.08. The van der Waals surface area contributed by atoms with Gasteiger partial charge < -0.3 is 9.47 Å². The van der Waals surface area contributed by atoms with Crippen LogP contribution in [-0.4, -0.2) is 19.3 Å². The van der Waals surface area contributed by atoms with Crippen LogP contribution in [0.1, 0.15) is 6.42 Å². The lowest BCUT2D eigenvalue weighted by Crippen LogP contribution is -2.15. The molecule has 0 spiro atoms. The van der Waals surface area contributed by atoms with Crippen LogP contribution >= 0.6 is 27.5 Å². The molecule has 1 aromatic carbocycles. The first-order valence-electron chi connectivity index (χ1n) is 4.45. The number of benzene rings is 1. The van der Waals surface area contributed by atoms with Crippen LogP contribution in [0.3, 0.4) is 0 Å². The second-order valence-corrected chi connectivity index (χ2v) is 4.44. The summed E-state index contributed by atoms with van der Waals surface area (Å²) < 4.78 is 11.8. The Morgan fingerprint density at radius 2 is 2.36 bits per heavy atom. The number of ether oxygens (including phenoxy) is 2. The van der Waals surface area contributed by atoms with E-state index in [2.05, 4.69) is 15.9 Å². The van der Waals surface area contributed by atoms with Gasteiger partial charge in [-0.05, 0) is 34.1 Å². The van der Waals surface area contributed by atoms with Gasteiger partial charge in [0.1, 0.15) is 11.9 Å². The van der Waals surface area contributed by atoms with Gasteiger partial charge in [-0.25, -0.2) is 0 Å². The van der Waals surface area contributed by atoms with Gasteiger partial charge in [-0.15, -0.1) is 0 Å². The number of hydrogen-bond acceptors (Lipinski definition) is 2. The summed E-state index contributed by atoms with van der Waals surface area (Å²) in [4.78, 5) is 0. The van der Waals surface area contributed by atoms with E-state index >= 15 is 0 Å². The second kappa shape index (κ2) is 4.51. The maximum absolute atomic E-state index is 5.94. The highest BCUT2D eigenvalue weighted by molar-refractivity contribution is 9.10. The molecule has 14 heavy (non-hydrogen) atoms. The van der Waals surface area contributed by atoms with Crippen molar-refractivity contribution in [2.75, 3.05) is 13.2 Å². The van der Waals surface area contributed by atoms with Crippen molar-refractivity contribution in [2.24, 2.45) is 0 Å². The monoisotopic (exact) mass is 276 g/mol. The first-order valence-corrected chi connectivity index (χ1v) is 5.62. The van der Waals surface area contributed by atoms with Gasteiger partial charge in [-0.2, -0.15) is 0 Å². The minimum atomic E-state index is 0.173. The second-order valence-electron chi connectivity index (χ2n) is 3.18. The highest BCUT2D eigenvalue weighted by Crippen LogP contribution is 2.27. The molecule has 0 aromatic heterocycles. The van der Waals surface area contributed by atoms with E-state index in [9.17, 15) is 0 Å². The van der Waals surface area contributed by atoms with Crippen LogP contribution in [0.5, 0.6) is 5.75 Å². The van der Waals surface area contributed by atoms with Gasteiger partial charge in [0, 0.05) is 10.9 Å². The fourth-order valence-electron chi connectivity index (χ4n) is 1.35. The molecular formula is C10H10BrClO2. The van der Waals surface area contributed by atoms with Gasteiger partial charge in [-0.3, -0.25) is 0 Å². The summed E-state index contributed by atoms with van der Waals surface area (Å²) >= 11 is 9.27. The first kappa shape index (κ1) is 10.3. The third-order valence-corrected chi connectivity index (χ3v) is 3.31. The minimum absolute atomic E-state index is 0.173. The van der Waals surface area contributed by atoms with Crippen LogP contribution in [0.25, 0.3) is 0 Å². The van der Waals surface area contributed by atoms with Gasteiger partial charge in [0.05, 0.1) is 18.2 Å². The highest BCUT2D eigenvalue weighted by Gasteiger charge is 2.17. The molecule has 2 nitrogen and oxygen atoms in total. The Hall–Kier alpha value is -0.250. The van der Waals surface area contributed by atoms with E-state index in [1.54, 1.807) is 0 Å². The maximum atomic E-state index is 5.94. The predicted octanol–water partition coefficient (Wildman–Crippen LogP) is 3.27. The van der Waals surface area contributed by atoms with Crippen molar-refractivity contribution in [3.63, 3.8) is 0 Å². The normalized spacial score (nSPS) is 21.1. The van der Waals surface area contributed by atoms with Crippen molar-refractivity contribution in [3.8, 4) is 5.75 Å². The Labute approximate surface area is 96.3 Å². The Bertz CT molecular complexity index is 324. The number of halogens is 2. The lowest BCUT2D eigenvalue weighted by Gasteiger charge is -2.11. The molecule has 0 radical (unpaired) electrons. The van der Waals surface area contributed by atoms with Crippen molar-refractivity contribution >= 4 is 27.5 Å². The van der Waals surface area contributed by atoms with Crippen molar-refractivity contribution in [1.29, 1.82) is 0 Å². The molecule has 0 unspecified atom stereocenters. The summed E-state index contributed by atoms with van der Waals surface area (Å²) in [5.41, 5.74) is 0. The van der Waals surface area contributed by atoms with Crippen LogP contribution in [0.15, 0.2) is 22.7 Å². The quantitative estimate of drug-likeness (QED) is 0.826. The summed E-state index contributed by atoms with van der Waals surface area (Å²) in [5.74, 6) is 0.800. The van der Waals surface area contributed by atoms with Crippen molar-refractivity contribution in [3.05, 3.63) is 27.7 Å². The molecule has 0 saturated carbocycles. The van der Waals surface area contributed by atoms with E-state index in [1.165, 1.54) is 0 Å². The molecule has 2 rings (SSSR count). The summed E-state index contributed by atoms with van der Waals surface area (Å²) in [6.45, 7) is 1.46. The standard InChI is InChI=1S/C10H10BrClO2/c11-9-2-1-7(5-10(9)12)14-8-3-4-13-6-8/h1-2,5,8H,3-4,6H2/t8-/m1/s1. The average Bonchev–Trinajstić information content (AvgIpc) is 2.64. The van der Waals surface area contributed by atoms with E-state index in [0.717, 1.165) is 23.2 Å². The van der Waals surface area contributed by atoms with Gasteiger partial charge >= 0.3 is 0 Å². The van der Waals surface area contributed by atoms with Gasteiger partial charge in [-0.1, -0.05) is 11.6 Å². The number of hydrogen-bond donors (Lipinski definition) is 0. The molecule has 0 bridgehead atoms. The van der Waals surface area contributed by atoms with Gasteiger partial charge in [0.2, 0.25) is 0 Å². The van der Waals surface area contributed by atoms with Gasteiger partial charge in [0.15, 0.2) is 0 Å². The molecule has 1 fully saturated rings. The first-order chi connectivity index (χ1) is 6.75. The molecular weight excluding hydrogens is 267 g/mol. The molecule has 1 saturated heterocycles. The molecule has 1 atom stereocenters. The SMILES string of the molecule is Clc1cc(O[C@@H]2CCOC2)ccc1Br. The fraction of sp³-hybridized carbons (Fsp3) is 0.400. The van der Waals surface area contributed by atoms with Crippen LogP contribution in [-0.2, 0) is 4.74 Å². The average molecular weight is 278 g/mol. The molecule has 0 N–H and O–H groups in total. The number of rotatable bonds is 2. The zero-order valence-corrected chi connectivity index (χ0v) is 9.85. The summed E-state index contributed by atoms with van der Waals surface area (Å²) in [5, 5.41) is 0.668. The molecule has 1 heterocycles. The summed E-state index contributed by atoms with van der Waals surface area (Å²) in [6, 6.07) is 5.59. The maximum Gasteiger partial charge on any atom is 0.124 e. The highest BCUT2D eigenvalue weighted by atomic mass is 79.9. The molecule has 1 aliphatic heterocycles. The van der Waals surface area contributed by atoms with Crippen LogP contribution in [0.4, 0.5) is 0 Å². The summed E-state index contributed by atoms with van der Waals surface area (Å²) in [7, 11) is 0. The Kier molecular flexibility index (Phi) is 3.31. The molecule has 0 aliphatic carbocycles.